The van der Waals surface area contributed by atoms with Crippen LogP contribution < -0.4 is 20.1 Å². The van der Waals surface area contributed by atoms with Crippen LogP contribution in [0.4, 0.5) is 11.4 Å². The molecule has 0 heterocycles. The second kappa shape index (κ2) is 9.65. The summed E-state index contributed by atoms with van der Waals surface area (Å²) in [5.41, 5.74) is 2.26. The number of nitro benzene ring substituents is 1. The van der Waals surface area contributed by atoms with Gasteiger partial charge in [0, 0.05) is 12.1 Å². The van der Waals surface area contributed by atoms with E-state index >= 15 is 0 Å². The van der Waals surface area contributed by atoms with Gasteiger partial charge >= 0.3 is 0 Å². The van der Waals surface area contributed by atoms with E-state index in [0.717, 1.165) is 11.1 Å². The third-order valence-electron chi connectivity index (χ3n) is 3.97. The summed E-state index contributed by atoms with van der Waals surface area (Å²) in [5, 5.41) is 16.5. The summed E-state index contributed by atoms with van der Waals surface area (Å²) in [6, 6.07) is 8.44. The molecule has 152 valence electrons. The van der Waals surface area contributed by atoms with E-state index in [1.807, 2.05) is 0 Å². The van der Waals surface area contributed by atoms with Crippen molar-refractivity contribution < 1.29 is 19.2 Å². The molecule has 0 saturated heterocycles. The monoisotopic (exact) mass is 415 g/mol. The largest absolute Gasteiger partial charge is 0.493 e. The van der Waals surface area contributed by atoms with E-state index in [9.17, 15) is 14.9 Å². The Morgan fingerprint density at radius 3 is 2.45 bits per heavy atom. The molecule has 0 radical (unpaired) electrons. The van der Waals surface area contributed by atoms with Crippen LogP contribution in [-0.2, 0) is 4.79 Å². The van der Waals surface area contributed by atoms with Gasteiger partial charge in [-0.1, -0.05) is 12.1 Å². The highest BCUT2D eigenvalue weighted by molar-refractivity contribution is 7.80. The van der Waals surface area contributed by atoms with E-state index in [2.05, 4.69) is 10.6 Å². The molecule has 1 amide bonds. The van der Waals surface area contributed by atoms with Gasteiger partial charge in [-0.25, -0.2) is 0 Å². The van der Waals surface area contributed by atoms with Crippen LogP contribution in [0.15, 0.2) is 36.4 Å². The van der Waals surface area contributed by atoms with E-state index < -0.39 is 10.8 Å². The Hall–Kier alpha value is -3.46. The van der Waals surface area contributed by atoms with Crippen molar-refractivity contribution in [1.82, 2.24) is 5.32 Å². The first-order valence-electron chi connectivity index (χ1n) is 8.53. The number of aryl methyl sites for hydroxylation is 2. The molecule has 0 atom stereocenters. The normalized spacial score (nSPS) is 10.5. The Bertz CT molecular complexity index is 988. The Kier molecular flexibility index (Phi) is 7.27. The van der Waals surface area contributed by atoms with Gasteiger partial charge in [0.25, 0.3) is 5.69 Å². The van der Waals surface area contributed by atoms with E-state index in [1.165, 1.54) is 26.4 Å². The minimum absolute atomic E-state index is 0.0398. The number of thiocarbonyl (C=S) groups is 1. The third-order valence-corrected chi connectivity index (χ3v) is 4.17. The molecule has 0 bridgehead atoms. The molecule has 0 aliphatic heterocycles. The summed E-state index contributed by atoms with van der Waals surface area (Å²) in [6.45, 7) is 3.49. The van der Waals surface area contributed by atoms with Gasteiger partial charge in [0.1, 0.15) is 5.69 Å². The predicted molar refractivity (Wildman–Crippen MR) is 116 cm³/mol. The number of ether oxygens (including phenoxy) is 2. The fourth-order valence-electron chi connectivity index (χ4n) is 2.68. The van der Waals surface area contributed by atoms with Gasteiger partial charge in [-0.3, -0.25) is 20.2 Å². The summed E-state index contributed by atoms with van der Waals surface area (Å²) in [6.07, 6.45) is 2.88. The highest BCUT2D eigenvalue weighted by Crippen LogP contribution is 2.30. The summed E-state index contributed by atoms with van der Waals surface area (Å²) in [5.74, 6) is 0.633. The first-order chi connectivity index (χ1) is 13.7. The molecule has 9 heteroatoms. The standard InChI is InChI=1S/C20H21N3O5S/c1-12-9-13(2)19(15(10-12)23(25)26)22-20(29)21-18(24)8-6-14-5-7-16(27-3)17(11-14)28-4/h5-11H,1-4H3,(H2,21,22,24,29)/b8-6+. The molecular weight excluding hydrogens is 394 g/mol. The number of carbonyl (C=O) groups is 1. The fraction of sp³-hybridized carbons (Fsp3) is 0.200. The second-order valence-corrected chi connectivity index (χ2v) is 6.53. The van der Waals surface area contributed by atoms with Gasteiger partial charge in [-0.15, -0.1) is 0 Å². The minimum Gasteiger partial charge on any atom is -0.493 e. The van der Waals surface area contributed by atoms with Crippen molar-refractivity contribution in [3.05, 3.63) is 63.2 Å². The lowest BCUT2D eigenvalue weighted by molar-refractivity contribution is -0.384. The number of nitrogens with one attached hydrogen (secondary N) is 2. The molecule has 2 aromatic rings. The molecule has 0 aliphatic carbocycles. The fourth-order valence-corrected chi connectivity index (χ4v) is 2.88. The van der Waals surface area contributed by atoms with Crippen molar-refractivity contribution in [1.29, 1.82) is 0 Å². The molecule has 0 aromatic heterocycles. The van der Waals surface area contributed by atoms with E-state index in [-0.39, 0.29) is 16.5 Å². The zero-order valence-corrected chi connectivity index (χ0v) is 17.3. The Balaban J connectivity index is 2.08. The highest BCUT2D eigenvalue weighted by atomic mass is 32.1. The summed E-state index contributed by atoms with van der Waals surface area (Å²) in [4.78, 5) is 22.9. The number of benzene rings is 2. The van der Waals surface area contributed by atoms with Gasteiger partial charge in [0.15, 0.2) is 16.6 Å². The average Bonchev–Trinajstić information content (AvgIpc) is 2.67. The number of anilines is 1. The quantitative estimate of drug-likeness (QED) is 0.320. The molecular formula is C20H21N3O5S. The summed E-state index contributed by atoms with van der Waals surface area (Å²) >= 11 is 5.12. The number of carbonyl (C=O) groups excluding carboxylic acids is 1. The molecule has 29 heavy (non-hydrogen) atoms. The number of nitro groups is 1. The number of nitrogens with zero attached hydrogens (tertiary/aromatic N) is 1. The smallest absolute Gasteiger partial charge is 0.293 e. The van der Waals surface area contributed by atoms with Gasteiger partial charge in [0.05, 0.1) is 19.1 Å². The molecule has 2 rings (SSSR count). The van der Waals surface area contributed by atoms with Crippen LogP contribution in [0.2, 0.25) is 0 Å². The lowest BCUT2D eigenvalue weighted by atomic mass is 10.1. The van der Waals surface area contributed by atoms with Gasteiger partial charge in [-0.05, 0) is 61.0 Å². The molecule has 0 aliphatic rings. The van der Waals surface area contributed by atoms with Crippen LogP contribution in [0.1, 0.15) is 16.7 Å². The Morgan fingerprint density at radius 1 is 1.14 bits per heavy atom. The lowest BCUT2D eigenvalue weighted by Crippen LogP contribution is -2.33. The number of hydrogen-bond donors (Lipinski definition) is 2. The van der Waals surface area contributed by atoms with Crippen molar-refractivity contribution in [2.24, 2.45) is 0 Å². The van der Waals surface area contributed by atoms with E-state index in [1.54, 1.807) is 44.2 Å². The van der Waals surface area contributed by atoms with Crippen molar-refractivity contribution in [2.45, 2.75) is 13.8 Å². The average molecular weight is 415 g/mol. The molecule has 0 spiro atoms. The number of rotatable bonds is 6. The minimum atomic E-state index is -0.496. The summed E-state index contributed by atoms with van der Waals surface area (Å²) < 4.78 is 10.4. The van der Waals surface area contributed by atoms with Crippen LogP contribution in [0.3, 0.4) is 0 Å². The molecule has 0 saturated carbocycles. The summed E-state index contributed by atoms with van der Waals surface area (Å²) in [7, 11) is 3.06. The molecule has 0 unspecified atom stereocenters. The Morgan fingerprint density at radius 2 is 1.83 bits per heavy atom. The van der Waals surface area contributed by atoms with E-state index in [4.69, 9.17) is 21.7 Å². The van der Waals surface area contributed by atoms with Crippen molar-refractivity contribution in [2.75, 3.05) is 19.5 Å². The van der Waals surface area contributed by atoms with Crippen molar-refractivity contribution >= 4 is 40.7 Å². The van der Waals surface area contributed by atoms with Crippen LogP contribution in [0.5, 0.6) is 11.5 Å². The van der Waals surface area contributed by atoms with Crippen LogP contribution >= 0.6 is 12.2 Å². The zero-order chi connectivity index (χ0) is 21.6. The molecule has 2 N–H and O–H groups in total. The lowest BCUT2D eigenvalue weighted by Gasteiger charge is -2.12. The maximum absolute atomic E-state index is 12.1. The maximum atomic E-state index is 12.1. The molecule has 0 fully saturated rings. The number of methoxy groups -OCH3 is 2. The van der Waals surface area contributed by atoms with Crippen molar-refractivity contribution in [3.63, 3.8) is 0 Å². The topological polar surface area (TPSA) is 103 Å². The highest BCUT2D eigenvalue weighted by Gasteiger charge is 2.18. The van der Waals surface area contributed by atoms with Gasteiger partial charge < -0.3 is 14.8 Å². The van der Waals surface area contributed by atoms with E-state index in [0.29, 0.717) is 17.1 Å². The number of amides is 1. The first-order valence-corrected chi connectivity index (χ1v) is 8.93. The molecule has 2 aromatic carbocycles. The van der Waals surface area contributed by atoms with Gasteiger partial charge in [-0.2, -0.15) is 0 Å². The third kappa shape index (κ3) is 5.76. The maximum Gasteiger partial charge on any atom is 0.293 e. The number of hydrogen-bond acceptors (Lipinski definition) is 6. The first kappa shape index (κ1) is 21.8. The van der Waals surface area contributed by atoms with Crippen LogP contribution in [0, 0.1) is 24.0 Å². The zero-order valence-electron chi connectivity index (χ0n) is 16.4. The SMILES string of the molecule is COc1ccc(/C=C/C(=O)NC(=S)Nc2c(C)cc(C)cc2[N+](=O)[O-])cc1OC. The van der Waals surface area contributed by atoms with Crippen LogP contribution in [0.25, 0.3) is 6.08 Å². The predicted octanol–water partition coefficient (Wildman–Crippen LogP) is 3.76. The van der Waals surface area contributed by atoms with Crippen LogP contribution in [-0.4, -0.2) is 30.2 Å². The second-order valence-electron chi connectivity index (χ2n) is 6.12. The Labute approximate surface area is 173 Å². The molecule has 8 nitrogen and oxygen atoms in total. The van der Waals surface area contributed by atoms with Crippen molar-refractivity contribution in [3.8, 4) is 11.5 Å². The van der Waals surface area contributed by atoms with Gasteiger partial charge in [0.2, 0.25) is 5.91 Å².